The summed E-state index contributed by atoms with van der Waals surface area (Å²) >= 11 is 6.21. The molecule has 9 nitrogen and oxygen atoms in total. The van der Waals surface area contributed by atoms with Gasteiger partial charge in [0, 0.05) is 29.4 Å². The maximum absolute atomic E-state index is 13.1. The lowest BCUT2D eigenvalue weighted by atomic mass is 10.1. The Labute approximate surface area is 187 Å². The first-order chi connectivity index (χ1) is 15.2. The zero-order valence-electron chi connectivity index (χ0n) is 16.9. The Bertz CT molecular complexity index is 1270. The van der Waals surface area contributed by atoms with Crippen LogP contribution in [0.5, 0.6) is 11.8 Å². The van der Waals surface area contributed by atoms with E-state index in [2.05, 4.69) is 19.7 Å². The van der Waals surface area contributed by atoms with Gasteiger partial charge in [-0.25, -0.2) is 21.9 Å². The highest BCUT2D eigenvalue weighted by Crippen LogP contribution is 2.33. The molecule has 0 fully saturated rings. The van der Waals surface area contributed by atoms with Crippen LogP contribution in [-0.4, -0.2) is 44.0 Å². The second-order valence-corrected chi connectivity index (χ2v) is 8.56. The van der Waals surface area contributed by atoms with Crippen LogP contribution < -0.4 is 14.2 Å². The Morgan fingerprint density at radius 1 is 1.22 bits per heavy atom. The van der Waals surface area contributed by atoms with Gasteiger partial charge in [0.25, 0.3) is 10.0 Å². The van der Waals surface area contributed by atoms with Crippen LogP contribution >= 0.6 is 11.6 Å². The summed E-state index contributed by atoms with van der Waals surface area (Å²) in [5, 5.41) is 9.61. The topological polar surface area (TPSA) is 130 Å². The molecule has 3 aromatic rings. The molecule has 170 valence electrons. The van der Waals surface area contributed by atoms with Crippen molar-refractivity contribution in [1.29, 1.82) is 5.26 Å². The maximum atomic E-state index is 13.1. The maximum Gasteiger partial charge on any atom is 0.266 e. The smallest absolute Gasteiger partial charge is 0.266 e. The fourth-order valence-corrected chi connectivity index (χ4v) is 4.55. The van der Waals surface area contributed by atoms with Gasteiger partial charge in [-0.3, -0.25) is 0 Å². The van der Waals surface area contributed by atoms with Crippen LogP contribution in [0.1, 0.15) is 17.5 Å². The molecule has 0 aliphatic heterocycles. The van der Waals surface area contributed by atoms with Crippen molar-refractivity contribution >= 4 is 38.5 Å². The number of ether oxygens (including phenoxy) is 2. The Balaban J connectivity index is 2.03. The third kappa shape index (κ3) is 4.68. The molecule has 13 heteroatoms. The number of benzene rings is 1. The van der Waals surface area contributed by atoms with Crippen molar-refractivity contribution in [2.75, 3.05) is 18.9 Å². The normalized spacial score (nSPS) is 11.5. The molecule has 1 aromatic carbocycles. The average Bonchev–Trinajstić information content (AvgIpc) is 3.18. The molecular formula is C19H18ClF2N5O4S. The fraction of sp³-hybridized carbons (Fsp3) is 0.316. The van der Waals surface area contributed by atoms with Gasteiger partial charge in [0.15, 0.2) is 0 Å². The minimum absolute atomic E-state index is 0.0863. The second kappa shape index (κ2) is 9.54. The predicted molar refractivity (Wildman–Crippen MR) is 113 cm³/mol. The number of aromatic nitrogens is 3. The molecule has 0 amide bonds. The van der Waals surface area contributed by atoms with E-state index in [4.69, 9.17) is 26.3 Å². The van der Waals surface area contributed by atoms with E-state index in [1.165, 1.54) is 26.5 Å². The monoisotopic (exact) mass is 485 g/mol. The number of anilines is 1. The van der Waals surface area contributed by atoms with E-state index in [1.54, 1.807) is 6.07 Å². The SMILES string of the molecule is COc1nc(NS(=O)(=O)c2c[nH]c3c(CCC#N)c(Cl)ccc23)nc(OC)c1CC(F)F. The molecule has 0 unspecified atom stereocenters. The molecule has 2 heterocycles. The highest BCUT2D eigenvalue weighted by molar-refractivity contribution is 7.93. The molecule has 0 aliphatic rings. The van der Waals surface area contributed by atoms with Gasteiger partial charge in [-0.05, 0) is 24.1 Å². The number of halogens is 3. The van der Waals surface area contributed by atoms with Gasteiger partial charge in [-0.1, -0.05) is 11.6 Å². The van der Waals surface area contributed by atoms with Crippen LogP contribution in [0.4, 0.5) is 14.7 Å². The number of aromatic amines is 1. The van der Waals surface area contributed by atoms with Crippen LogP contribution in [-0.2, 0) is 22.9 Å². The zero-order chi connectivity index (χ0) is 23.5. The number of nitrogens with one attached hydrogen (secondary N) is 2. The number of sulfonamides is 1. The molecule has 0 atom stereocenters. The number of hydrogen-bond acceptors (Lipinski definition) is 7. The van der Waals surface area contributed by atoms with E-state index >= 15 is 0 Å². The van der Waals surface area contributed by atoms with E-state index in [0.717, 1.165) is 0 Å². The predicted octanol–water partition coefficient (Wildman–Crippen LogP) is 3.69. The highest BCUT2D eigenvalue weighted by atomic mass is 35.5. The van der Waals surface area contributed by atoms with Crippen LogP contribution in [0.2, 0.25) is 5.02 Å². The van der Waals surface area contributed by atoms with Crippen LogP contribution in [0.25, 0.3) is 10.9 Å². The molecule has 0 bridgehead atoms. The van der Waals surface area contributed by atoms with Crippen LogP contribution in [0.3, 0.4) is 0 Å². The highest BCUT2D eigenvalue weighted by Gasteiger charge is 2.25. The molecule has 32 heavy (non-hydrogen) atoms. The summed E-state index contributed by atoms with van der Waals surface area (Å²) in [6, 6.07) is 5.11. The van der Waals surface area contributed by atoms with Crippen molar-refractivity contribution in [3.8, 4) is 17.8 Å². The first-order valence-electron chi connectivity index (χ1n) is 9.17. The third-order valence-corrected chi connectivity index (χ3v) is 6.27. The van der Waals surface area contributed by atoms with E-state index < -0.39 is 28.8 Å². The summed E-state index contributed by atoms with van der Waals surface area (Å²) in [6.45, 7) is 0. The van der Waals surface area contributed by atoms with Crippen molar-refractivity contribution in [1.82, 2.24) is 15.0 Å². The van der Waals surface area contributed by atoms with Gasteiger partial charge >= 0.3 is 0 Å². The zero-order valence-corrected chi connectivity index (χ0v) is 18.5. The van der Waals surface area contributed by atoms with Crippen LogP contribution in [0.15, 0.2) is 23.2 Å². The Kier molecular flexibility index (Phi) is 7.00. The minimum atomic E-state index is -4.21. The minimum Gasteiger partial charge on any atom is -0.481 e. The Morgan fingerprint density at radius 3 is 2.44 bits per heavy atom. The van der Waals surface area contributed by atoms with Crippen molar-refractivity contribution in [2.45, 2.75) is 30.6 Å². The Morgan fingerprint density at radius 2 is 1.88 bits per heavy atom. The summed E-state index contributed by atoms with van der Waals surface area (Å²) in [6.07, 6.45) is -1.62. The van der Waals surface area contributed by atoms with Gasteiger partial charge in [0.05, 0.1) is 31.4 Å². The molecule has 0 radical (unpaired) electrons. The average molecular weight is 486 g/mol. The van der Waals surface area contributed by atoms with Crippen molar-refractivity contribution in [3.63, 3.8) is 0 Å². The van der Waals surface area contributed by atoms with Crippen molar-refractivity contribution in [3.05, 3.63) is 34.5 Å². The summed E-state index contributed by atoms with van der Waals surface area (Å²) in [4.78, 5) is 10.6. The number of rotatable bonds is 9. The van der Waals surface area contributed by atoms with Gasteiger partial charge in [-0.2, -0.15) is 15.2 Å². The quantitative estimate of drug-likeness (QED) is 0.472. The largest absolute Gasteiger partial charge is 0.481 e. The molecule has 3 rings (SSSR count). The summed E-state index contributed by atoms with van der Waals surface area (Å²) < 4.78 is 64.1. The standard InChI is InChI=1S/C19H18ClF2N5O4S/c1-30-17-12(8-15(21)22)18(31-2)26-19(25-17)27-32(28,29)14-9-24-16-10(4-3-7-23)13(20)6-5-11(14)16/h5-6,9,15,24H,3-4,8H2,1-2H3,(H,25,26,27). The van der Waals surface area contributed by atoms with Crippen molar-refractivity contribution < 1.29 is 26.7 Å². The molecule has 0 saturated carbocycles. The lowest BCUT2D eigenvalue weighted by Gasteiger charge is -2.14. The number of H-pyrrole nitrogens is 1. The number of aryl methyl sites for hydroxylation is 1. The number of fused-ring (bicyclic) bond motifs is 1. The van der Waals surface area contributed by atoms with Gasteiger partial charge in [-0.15, -0.1) is 0 Å². The van der Waals surface area contributed by atoms with E-state index in [9.17, 15) is 17.2 Å². The Hall–Kier alpha value is -3.17. The third-order valence-electron chi connectivity index (χ3n) is 4.55. The first-order valence-corrected chi connectivity index (χ1v) is 11.0. The van der Waals surface area contributed by atoms with Crippen molar-refractivity contribution in [2.24, 2.45) is 0 Å². The lowest BCUT2D eigenvalue weighted by molar-refractivity contribution is 0.146. The number of alkyl halides is 2. The van der Waals surface area contributed by atoms with Gasteiger partial charge < -0.3 is 14.5 Å². The number of nitrogens with zero attached hydrogens (tertiary/aromatic N) is 3. The number of hydrogen-bond donors (Lipinski definition) is 2. The number of methoxy groups -OCH3 is 2. The fourth-order valence-electron chi connectivity index (χ4n) is 3.19. The van der Waals surface area contributed by atoms with Gasteiger partial charge in [0.2, 0.25) is 24.1 Å². The second-order valence-electron chi connectivity index (χ2n) is 6.50. The first kappa shape index (κ1) is 23.5. The molecule has 0 saturated heterocycles. The lowest BCUT2D eigenvalue weighted by Crippen LogP contribution is -2.16. The molecule has 2 aromatic heterocycles. The summed E-state index contributed by atoms with van der Waals surface area (Å²) in [5.41, 5.74) is 1.01. The summed E-state index contributed by atoms with van der Waals surface area (Å²) in [5.74, 6) is -0.886. The van der Waals surface area contributed by atoms with E-state index in [-0.39, 0.29) is 28.6 Å². The number of nitriles is 1. The van der Waals surface area contributed by atoms with E-state index in [1.807, 2.05) is 6.07 Å². The molecule has 0 spiro atoms. The van der Waals surface area contributed by atoms with Gasteiger partial charge in [0.1, 0.15) is 4.90 Å². The molecule has 0 aliphatic carbocycles. The molecule has 2 N–H and O–H groups in total. The summed E-state index contributed by atoms with van der Waals surface area (Å²) in [7, 11) is -1.79. The molecular weight excluding hydrogens is 468 g/mol. The van der Waals surface area contributed by atoms with E-state index in [0.29, 0.717) is 27.9 Å². The van der Waals surface area contributed by atoms with Crippen LogP contribution in [0, 0.1) is 11.3 Å².